The number of piperidine rings is 1. The third-order valence-corrected chi connectivity index (χ3v) is 5.67. The van der Waals surface area contributed by atoms with Gasteiger partial charge in [0.15, 0.2) is 0 Å². The lowest BCUT2D eigenvalue weighted by Crippen LogP contribution is -2.39. The van der Waals surface area contributed by atoms with Crippen LogP contribution in [-0.2, 0) is 6.42 Å². The average molecular weight is 462 g/mol. The molecular weight excluding hydrogens is 433 g/mol. The van der Waals surface area contributed by atoms with Crippen LogP contribution in [0.25, 0.3) is 6.08 Å². The molecule has 7 heteroatoms. The molecule has 1 aliphatic heterocycles. The van der Waals surface area contributed by atoms with Crippen LogP contribution in [0.5, 0.6) is 11.6 Å². The molecule has 4 rings (SSSR count). The zero-order valence-corrected chi connectivity index (χ0v) is 19.2. The summed E-state index contributed by atoms with van der Waals surface area (Å²) < 4.78 is 24.2. The molecule has 0 unspecified atom stereocenters. The van der Waals surface area contributed by atoms with Crippen molar-refractivity contribution in [3.05, 3.63) is 89.4 Å². The number of carbonyl (C=O) groups is 1. The fourth-order valence-corrected chi connectivity index (χ4v) is 3.83. The highest BCUT2D eigenvalue weighted by molar-refractivity contribution is 5.89. The van der Waals surface area contributed by atoms with Crippen LogP contribution in [0.2, 0.25) is 0 Å². The molecule has 2 aromatic carbocycles. The summed E-state index contributed by atoms with van der Waals surface area (Å²) in [5.41, 5.74) is 3.92. The second-order valence-electron chi connectivity index (χ2n) is 8.11. The van der Waals surface area contributed by atoms with Crippen LogP contribution in [0.15, 0.2) is 72.4 Å². The Morgan fingerprint density at radius 2 is 1.94 bits per heavy atom. The number of nitrogens with zero attached hydrogens (tertiary/aromatic N) is 2. The lowest BCUT2D eigenvalue weighted by atomic mass is 10.0. The molecule has 0 aliphatic carbocycles. The number of ether oxygens (including phenoxy) is 2. The monoisotopic (exact) mass is 461 g/mol. The summed E-state index contributed by atoms with van der Waals surface area (Å²) in [6, 6.07) is 17.9. The topological polar surface area (TPSA) is 63.7 Å². The van der Waals surface area contributed by atoms with Crippen molar-refractivity contribution >= 4 is 17.8 Å². The first-order valence-corrected chi connectivity index (χ1v) is 11.3. The van der Waals surface area contributed by atoms with Gasteiger partial charge in [-0.15, -0.1) is 0 Å². The van der Waals surface area contributed by atoms with E-state index in [0.29, 0.717) is 37.7 Å². The number of halogens is 1. The van der Waals surface area contributed by atoms with E-state index in [-0.39, 0.29) is 11.8 Å². The molecule has 1 fully saturated rings. The molecule has 0 spiro atoms. The summed E-state index contributed by atoms with van der Waals surface area (Å²) in [6.07, 6.45) is 6.03. The number of carbonyl (C=O) groups excluding carboxylic acids is 1. The van der Waals surface area contributed by atoms with Gasteiger partial charge in [0.1, 0.15) is 11.6 Å². The first-order valence-electron chi connectivity index (χ1n) is 11.3. The number of amides is 2. The van der Waals surface area contributed by atoms with Gasteiger partial charge in [0.2, 0.25) is 5.88 Å². The maximum atomic E-state index is 13.3. The number of likely N-dealkylation sites (tertiary alicyclic amines) is 1. The van der Waals surface area contributed by atoms with Crippen molar-refractivity contribution < 1.29 is 18.7 Å². The number of benzene rings is 2. The fraction of sp³-hybridized carbons (Fsp3) is 0.259. The first-order chi connectivity index (χ1) is 16.6. The van der Waals surface area contributed by atoms with E-state index in [1.165, 1.54) is 17.7 Å². The Labute approximate surface area is 199 Å². The van der Waals surface area contributed by atoms with E-state index in [9.17, 15) is 9.18 Å². The van der Waals surface area contributed by atoms with Gasteiger partial charge in [0.25, 0.3) is 0 Å². The van der Waals surface area contributed by atoms with Gasteiger partial charge in [-0.1, -0.05) is 35.9 Å². The molecule has 34 heavy (non-hydrogen) atoms. The van der Waals surface area contributed by atoms with Crippen molar-refractivity contribution in [2.24, 2.45) is 0 Å². The second kappa shape index (κ2) is 11.3. The normalized spacial score (nSPS) is 13.4. The number of hydrogen-bond acceptors (Lipinski definition) is 4. The summed E-state index contributed by atoms with van der Waals surface area (Å²) >= 11 is 0. The number of hydrogen-bond donors (Lipinski definition) is 1. The number of rotatable bonds is 7. The molecule has 0 saturated carbocycles. The van der Waals surface area contributed by atoms with Gasteiger partial charge in [-0.2, -0.15) is 0 Å². The van der Waals surface area contributed by atoms with Crippen LogP contribution in [-0.4, -0.2) is 42.7 Å². The minimum absolute atomic E-state index is 0.125. The van der Waals surface area contributed by atoms with E-state index in [2.05, 4.69) is 16.4 Å². The van der Waals surface area contributed by atoms with Crippen LogP contribution >= 0.6 is 0 Å². The average Bonchev–Trinajstić information content (AvgIpc) is 2.85. The van der Waals surface area contributed by atoms with Gasteiger partial charge >= 0.3 is 6.03 Å². The van der Waals surface area contributed by atoms with Crippen LogP contribution in [0.4, 0.5) is 14.9 Å². The molecule has 0 radical (unpaired) electrons. The molecular formula is C27H28FN3O3. The molecule has 1 aliphatic rings. The summed E-state index contributed by atoms with van der Waals surface area (Å²) in [5.74, 6) is 1.06. The van der Waals surface area contributed by atoms with E-state index in [1.54, 1.807) is 31.5 Å². The molecule has 2 amide bonds. The molecule has 3 aromatic rings. The molecule has 1 N–H and O–H groups in total. The summed E-state index contributed by atoms with van der Waals surface area (Å²) in [7, 11) is 1.55. The molecule has 0 bridgehead atoms. The first kappa shape index (κ1) is 23.3. The van der Waals surface area contributed by atoms with Crippen molar-refractivity contribution in [1.82, 2.24) is 9.88 Å². The molecule has 1 saturated heterocycles. The fourth-order valence-electron chi connectivity index (χ4n) is 3.83. The van der Waals surface area contributed by atoms with Gasteiger partial charge in [0.05, 0.1) is 25.6 Å². The van der Waals surface area contributed by atoms with E-state index in [1.807, 2.05) is 35.2 Å². The van der Waals surface area contributed by atoms with E-state index in [4.69, 9.17) is 9.47 Å². The second-order valence-corrected chi connectivity index (χ2v) is 8.11. The van der Waals surface area contributed by atoms with Gasteiger partial charge in [-0.05, 0) is 54.3 Å². The highest BCUT2D eigenvalue weighted by Crippen LogP contribution is 2.23. The van der Waals surface area contributed by atoms with Crippen molar-refractivity contribution in [1.29, 1.82) is 0 Å². The number of nitrogens with one attached hydrogen (secondary N) is 1. The summed E-state index contributed by atoms with van der Waals surface area (Å²) in [6.45, 7) is 1.80. The maximum absolute atomic E-state index is 13.3. The van der Waals surface area contributed by atoms with Gasteiger partial charge in [0, 0.05) is 25.6 Å². The smallest absolute Gasteiger partial charge is 0.321 e. The Bertz CT molecular complexity index is 1140. The zero-order chi connectivity index (χ0) is 23.8. The Kier molecular flexibility index (Phi) is 7.75. The summed E-state index contributed by atoms with van der Waals surface area (Å²) in [5, 5.41) is 2.88. The highest BCUT2D eigenvalue weighted by Gasteiger charge is 2.19. The number of aromatic nitrogens is 1. The Hall–Kier alpha value is -3.87. The highest BCUT2D eigenvalue weighted by atomic mass is 19.1. The SMILES string of the molecule is COc1ccc(NC(=O)N2CCC(=Cc3cccc(OCCc4cccc(F)c4)c3)CC2)cn1. The standard InChI is InChI=1S/C27H28FN3O3/c1-33-26-9-8-24(19-29-26)30-27(32)31-13-10-21(11-14-31)16-22-5-3-7-25(18-22)34-15-12-20-4-2-6-23(28)17-20/h2-9,16-19H,10-15H2,1H3,(H,30,32). The third kappa shape index (κ3) is 6.57. The zero-order valence-electron chi connectivity index (χ0n) is 19.2. The molecule has 1 aromatic heterocycles. The minimum atomic E-state index is -0.229. The molecule has 0 atom stereocenters. The van der Waals surface area contributed by atoms with Crippen molar-refractivity contribution in [2.45, 2.75) is 19.3 Å². The van der Waals surface area contributed by atoms with Gasteiger partial charge in [-0.25, -0.2) is 14.2 Å². The number of anilines is 1. The lowest BCUT2D eigenvalue weighted by Gasteiger charge is -2.28. The van der Waals surface area contributed by atoms with Gasteiger partial charge in [-0.3, -0.25) is 0 Å². The Morgan fingerprint density at radius 1 is 1.12 bits per heavy atom. The van der Waals surface area contributed by atoms with Crippen molar-refractivity contribution in [3.8, 4) is 11.6 Å². The van der Waals surface area contributed by atoms with E-state index >= 15 is 0 Å². The lowest BCUT2D eigenvalue weighted by molar-refractivity contribution is 0.208. The van der Waals surface area contributed by atoms with Crippen LogP contribution in [0.1, 0.15) is 24.0 Å². The van der Waals surface area contributed by atoms with Crippen LogP contribution in [0.3, 0.4) is 0 Å². The van der Waals surface area contributed by atoms with E-state index < -0.39 is 0 Å². The molecule has 176 valence electrons. The third-order valence-electron chi connectivity index (χ3n) is 5.67. The van der Waals surface area contributed by atoms with Crippen molar-refractivity contribution in [3.63, 3.8) is 0 Å². The number of pyridine rings is 1. The van der Waals surface area contributed by atoms with Gasteiger partial charge < -0.3 is 19.7 Å². The number of methoxy groups -OCH3 is 1. The number of urea groups is 1. The molecule has 6 nitrogen and oxygen atoms in total. The maximum Gasteiger partial charge on any atom is 0.321 e. The predicted molar refractivity (Wildman–Crippen MR) is 131 cm³/mol. The van der Waals surface area contributed by atoms with Crippen molar-refractivity contribution in [2.75, 3.05) is 32.1 Å². The van der Waals surface area contributed by atoms with Crippen LogP contribution in [0, 0.1) is 5.82 Å². The Balaban J connectivity index is 1.26. The predicted octanol–water partition coefficient (Wildman–Crippen LogP) is 5.56. The largest absolute Gasteiger partial charge is 0.493 e. The Morgan fingerprint density at radius 3 is 2.68 bits per heavy atom. The van der Waals surface area contributed by atoms with Crippen LogP contribution < -0.4 is 14.8 Å². The quantitative estimate of drug-likeness (QED) is 0.500. The van der Waals surface area contributed by atoms with E-state index in [0.717, 1.165) is 29.7 Å². The summed E-state index contributed by atoms with van der Waals surface area (Å²) in [4.78, 5) is 18.5. The minimum Gasteiger partial charge on any atom is -0.493 e. The molecule has 2 heterocycles.